The molecule has 0 aliphatic carbocycles. The summed E-state index contributed by atoms with van der Waals surface area (Å²) in [7, 11) is -1.64. The Hall–Kier alpha value is 0.0169. The summed E-state index contributed by atoms with van der Waals surface area (Å²) in [6.45, 7) is 4.19. The first-order chi connectivity index (χ1) is 5.00. The number of benzene rings is 1. The standard InChI is InChI=1S/C8H10Cl2Si/c1-11(2,10)8-5-3-7(9)4-6-8/h3-6H,1-2H3. The first-order valence-corrected chi connectivity index (χ1v) is 7.84. The molecule has 1 aromatic carbocycles. The van der Waals surface area contributed by atoms with Gasteiger partial charge in [0.2, 0.25) is 0 Å². The Morgan fingerprint density at radius 3 is 1.91 bits per heavy atom. The average molecular weight is 205 g/mol. The Bertz CT molecular complexity index is 235. The maximum Gasteiger partial charge on any atom is 0.180 e. The Morgan fingerprint density at radius 1 is 1.09 bits per heavy atom. The molecule has 0 radical (unpaired) electrons. The molecule has 11 heavy (non-hydrogen) atoms. The third-order valence-electron chi connectivity index (χ3n) is 1.53. The fourth-order valence-electron chi connectivity index (χ4n) is 0.846. The van der Waals surface area contributed by atoms with E-state index in [-0.39, 0.29) is 0 Å². The molecule has 0 atom stereocenters. The van der Waals surface area contributed by atoms with E-state index in [0.29, 0.717) is 0 Å². The van der Waals surface area contributed by atoms with E-state index in [1.807, 2.05) is 24.3 Å². The second-order valence-electron chi connectivity index (χ2n) is 2.98. The van der Waals surface area contributed by atoms with E-state index in [1.54, 1.807) is 0 Å². The van der Waals surface area contributed by atoms with Crippen molar-refractivity contribution in [2.45, 2.75) is 13.1 Å². The van der Waals surface area contributed by atoms with Gasteiger partial charge in [-0.1, -0.05) is 36.8 Å². The minimum Gasteiger partial charge on any atom is -0.162 e. The van der Waals surface area contributed by atoms with Gasteiger partial charge in [0.25, 0.3) is 0 Å². The number of hydrogen-bond acceptors (Lipinski definition) is 0. The van der Waals surface area contributed by atoms with Crippen LogP contribution in [-0.2, 0) is 0 Å². The lowest BCUT2D eigenvalue weighted by Crippen LogP contribution is -2.34. The molecule has 60 valence electrons. The van der Waals surface area contributed by atoms with Crippen LogP contribution in [0.3, 0.4) is 0 Å². The first-order valence-electron chi connectivity index (χ1n) is 3.45. The highest BCUT2D eigenvalue weighted by Gasteiger charge is 2.19. The van der Waals surface area contributed by atoms with Crippen molar-refractivity contribution >= 4 is 35.3 Å². The van der Waals surface area contributed by atoms with Crippen molar-refractivity contribution in [2.24, 2.45) is 0 Å². The van der Waals surface area contributed by atoms with E-state index < -0.39 is 7.38 Å². The summed E-state index contributed by atoms with van der Waals surface area (Å²) in [6.07, 6.45) is 0. The zero-order chi connectivity index (χ0) is 8.48. The lowest BCUT2D eigenvalue weighted by atomic mass is 10.4. The van der Waals surface area contributed by atoms with E-state index in [2.05, 4.69) is 13.1 Å². The van der Waals surface area contributed by atoms with Crippen molar-refractivity contribution < 1.29 is 0 Å². The molecule has 0 nitrogen and oxygen atoms in total. The Kier molecular flexibility index (Phi) is 2.63. The van der Waals surface area contributed by atoms with Crippen LogP contribution in [0.15, 0.2) is 24.3 Å². The Morgan fingerprint density at radius 2 is 1.55 bits per heavy atom. The lowest BCUT2D eigenvalue weighted by Gasteiger charge is -2.12. The maximum absolute atomic E-state index is 6.21. The molecule has 0 heterocycles. The Labute approximate surface area is 77.9 Å². The molecular formula is C8H10Cl2Si. The summed E-state index contributed by atoms with van der Waals surface area (Å²) >= 11 is 11.9. The van der Waals surface area contributed by atoms with E-state index in [9.17, 15) is 0 Å². The van der Waals surface area contributed by atoms with Crippen molar-refractivity contribution in [3.05, 3.63) is 29.3 Å². The summed E-state index contributed by atoms with van der Waals surface area (Å²) < 4.78 is 0. The van der Waals surface area contributed by atoms with Gasteiger partial charge in [-0.25, -0.2) is 0 Å². The van der Waals surface area contributed by atoms with Crippen LogP contribution in [0.25, 0.3) is 0 Å². The van der Waals surface area contributed by atoms with Crippen LogP contribution in [-0.4, -0.2) is 7.38 Å². The van der Waals surface area contributed by atoms with E-state index in [0.717, 1.165) is 5.02 Å². The van der Waals surface area contributed by atoms with Gasteiger partial charge in [0.05, 0.1) is 0 Å². The van der Waals surface area contributed by atoms with Gasteiger partial charge in [0.1, 0.15) is 0 Å². The van der Waals surface area contributed by atoms with Crippen LogP contribution in [0.2, 0.25) is 18.1 Å². The van der Waals surface area contributed by atoms with Gasteiger partial charge in [0, 0.05) is 5.02 Å². The lowest BCUT2D eigenvalue weighted by molar-refractivity contribution is 1.73. The number of hydrogen-bond donors (Lipinski definition) is 0. The van der Waals surface area contributed by atoms with Gasteiger partial charge in [-0.15, -0.1) is 0 Å². The normalized spacial score (nSPS) is 11.6. The molecule has 0 unspecified atom stereocenters. The molecule has 0 fully saturated rings. The van der Waals surface area contributed by atoms with E-state index >= 15 is 0 Å². The van der Waals surface area contributed by atoms with Crippen LogP contribution in [0, 0.1) is 0 Å². The van der Waals surface area contributed by atoms with Gasteiger partial charge in [0.15, 0.2) is 7.38 Å². The highest BCUT2D eigenvalue weighted by molar-refractivity contribution is 7.26. The predicted molar refractivity (Wildman–Crippen MR) is 54.4 cm³/mol. The first kappa shape index (κ1) is 9.11. The average Bonchev–Trinajstić information content (AvgIpc) is 1.86. The molecule has 3 heteroatoms. The fourth-order valence-corrected chi connectivity index (χ4v) is 2.31. The monoisotopic (exact) mass is 204 g/mol. The molecule has 1 aromatic rings. The van der Waals surface area contributed by atoms with E-state index in [4.69, 9.17) is 22.7 Å². The molecule has 0 N–H and O–H groups in total. The largest absolute Gasteiger partial charge is 0.180 e. The maximum atomic E-state index is 6.21. The van der Waals surface area contributed by atoms with Gasteiger partial charge < -0.3 is 0 Å². The van der Waals surface area contributed by atoms with Crippen LogP contribution >= 0.6 is 22.7 Å². The molecule has 0 bridgehead atoms. The minimum absolute atomic E-state index is 0.767. The molecule has 0 saturated carbocycles. The molecule has 0 aliphatic heterocycles. The molecular weight excluding hydrogens is 195 g/mol. The summed E-state index contributed by atoms with van der Waals surface area (Å²) in [5.74, 6) is 0. The molecule has 0 aromatic heterocycles. The second-order valence-corrected chi connectivity index (χ2v) is 9.77. The van der Waals surface area contributed by atoms with Crippen LogP contribution in [0.1, 0.15) is 0 Å². The van der Waals surface area contributed by atoms with Crippen LogP contribution < -0.4 is 5.19 Å². The van der Waals surface area contributed by atoms with Crippen molar-refractivity contribution in [1.82, 2.24) is 0 Å². The molecule has 0 aliphatic rings. The summed E-state index contributed by atoms with van der Waals surface area (Å²) in [4.78, 5) is 0. The van der Waals surface area contributed by atoms with Crippen molar-refractivity contribution in [1.29, 1.82) is 0 Å². The quantitative estimate of drug-likeness (QED) is 0.488. The second kappa shape index (κ2) is 3.17. The smallest absolute Gasteiger partial charge is 0.162 e. The highest BCUT2D eigenvalue weighted by atomic mass is 35.6. The SMILES string of the molecule is C[Si](C)(Cl)c1ccc(Cl)cc1. The zero-order valence-electron chi connectivity index (χ0n) is 6.57. The van der Waals surface area contributed by atoms with Gasteiger partial charge in [-0.05, 0) is 17.3 Å². The van der Waals surface area contributed by atoms with E-state index in [1.165, 1.54) is 5.19 Å². The van der Waals surface area contributed by atoms with Crippen LogP contribution in [0.4, 0.5) is 0 Å². The van der Waals surface area contributed by atoms with Gasteiger partial charge in [-0.3, -0.25) is 0 Å². The molecule has 0 spiro atoms. The summed E-state index contributed by atoms with van der Waals surface area (Å²) in [5, 5.41) is 1.99. The molecule has 0 amide bonds. The minimum atomic E-state index is -1.64. The Balaban J connectivity index is 2.99. The van der Waals surface area contributed by atoms with Gasteiger partial charge in [-0.2, -0.15) is 11.1 Å². The van der Waals surface area contributed by atoms with Crippen molar-refractivity contribution in [3.8, 4) is 0 Å². The fraction of sp³-hybridized carbons (Fsp3) is 0.250. The van der Waals surface area contributed by atoms with Gasteiger partial charge >= 0.3 is 0 Å². The third kappa shape index (κ3) is 2.51. The number of rotatable bonds is 1. The molecule has 1 rings (SSSR count). The zero-order valence-corrected chi connectivity index (χ0v) is 9.08. The highest BCUT2D eigenvalue weighted by Crippen LogP contribution is 2.11. The topological polar surface area (TPSA) is 0 Å². The summed E-state index contributed by atoms with van der Waals surface area (Å²) in [6, 6.07) is 7.77. The van der Waals surface area contributed by atoms with Crippen LogP contribution in [0.5, 0.6) is 0 Å². The third-order valence-corrected chi connectivity index (χ3v) is 4.14. The predicted octanol–water partition coefficient (Wildman–Crippen LogP) is 2.99. The van der Waals surface area contributed by atoms with Crippen molar-refractivity contribution in [3.63, 3.8) is 0 Å². The van der Waals surface area contributed by atoms with Crippen molar-refractivity contribution in [2.75, 3.05) is 0 Å². The number of halogens is 2. The summed E-state index contributed by atoms with van der Waals surface area (Å²) in [5.41, 5.74) is 0. The molecule has 0 saturated heterocycles.